The average molecular weight is 438 g/mol. The van der Waals surface area contributed by atoms with Gasteiger partial charge < -0.3 is 42.5 Å². The van der Waals surface area contributed by atoms with Gasteiger partial charge in [-0.3, -0.25) is 0 Å². The molecule has 0 fully saturated rings. The predicted molar refractivity (Wildman–Crippen MR) is 101 cm³/mol. The number of anilines is 2. The number of nitrogens with two attached hydrogens (primary N) is 2. The van der Waals surface area contributed by atoms with E-state index in [1.54, 1.807) is 21.8 Å². The molecular formula is C12H26CuN10O4+6. The standard InChI is InChI=1S/2C6H7N5.Cu.4H2O/c2*1-11-3-10-4-5(7)8-2-9-6(4)11;;;;;/h2*2-3H,1H3,(H2,7,8,9);;4*1H2/q;;+2;;;;/p+4. The Morgan fingerprint density at radius 3 is 1.26 bits per heavy atom. The van der Waals surface area contributed by atoms with Crippen molar-refractivity contribution in [1.29, 1.82) is 0 Å². The van der Waals surface area contributed by atoms with Gasteiger partial charge in [0.25, 0.3) is 0 Å². The molecule has 0 unspecified atom stereocenters. The summed E-state index contributed by atoms with van der Waals surface area (Å²) in [6.45, 7) is 0. The Hall–Kier alpha value is -2.94. The van der Waals surface area contributed by atoms with Gasteiger partial charge in [-0.2, -0.15) is 0 Å². The van der Waals surface area contributed by atoms with Crippen LogP contribution in [0.5, 0.6) is 0 Å². The molecule has 0 aliphatic carbocycles. The molecule has 0 saturated carbocycles. The molecule has 4 heterocycles. The van der Waals surface area contributed by atoms with Crippen LogP contribution in [0.25, 0.3) is 22.3 Å². The normalized spacial score (nSPS) is 8.67. The van der Waals surface area contributed by atoms with Gasteiger partial charge in [0, 0.05) is 14.1 Å². The zero-order chi connectivity index (χ0) is 15.7. The fraction of sp³-hybridized carbons (Fsp3) is 0.167. The molecule has 0 amide bonds. The van der Waals surface area contributed by atoms with Gasteiger partial charge in [0.2, 0.25) is 0 Å². The minimum absolute atomic E-state index is 0. The Morgan fingerprint density at radius 2 is 0.963 bits per heavy atom. The van der Waals surface area contributed by atoms with Gasteiger partial charge in [-0.05, 0) is 0 Å². The first-order valence-electron chi connectivity index (χ1n) is 6.33. The van der Waals surface area contributed by atoms with Gasteiger partial charge in [-0.25, -0.2) is 29.9 Å². The molecule has 0 aromatic carbocycles. The number of hydrogen-bond donors (Lipinski definition) is 2. The van der Waals surface area contributed by atoms with E-state index in [1.807, 2.05) is 14.1 Å². The number of aryl methyl sites for hydroxylation is 2. The van der Waals surface area contributed by atoms with E-state index in [2.05, 4.69) is 29.9 Å². The molecule has 0 spiro atoms. The van der Waals surface area contributed by atoms with E-state index in [0.717, 1.165) is 11.3 Å². The molecule has 0 bridgehead atoms. The molecule has 14 nitrogen and oxygen atoms in total. The Morgan fingerprint density at radius 1 is 0.630 bits per heavy atom. The molecule has 0 saturated heterocycles. The largest absolute Gasteiger partial charge is 2.00 e. The van der Waals surface area contributed by atoms with Crippen molar-refractivity contribution in [3.05, 3.63) is 25.3 Å². The molecule has 0 aliphatic heterocycles. The maximum Gasteiger partial charge on any atom is 2.00 e. The fourth-order valence-corrected chi connectivity index (χ4v) is 1.93. The summed E-state index contributed by atoms with van der Waals surface area (Å²) in [7, 11) is 3.73. The SMILES string of the molecule is Cn1cnc2c(N)ncnc21.Cn1cnc2c(N)ncnc21.[Cu+2].[OH3+].[OH3+].[OH3+].[OH3+]. The summed E-state index contributed by atoms with van der Waals surface area (Å²) in [6.07, 6.45) is 6.18. The summed E-state index contributed by atoms with van der Waals surface area (Å²) in [4.78, 5) is 23.7. The minimum atomic E-state index is 0. The number of nitrogen functional groups attached to an aromatic ring is 2. The third-order valence-corrected chi connectivity index (χ3v) is 3.05. The Bertz CT molecular complexity index is 882. The quantitative estimate of drug-likeness (QED) is 0.202. The van der Waals surface area contributed by atoms with Gasteiger partial charge in [0.1, 0.15) is 23.7 Å². The summed E-state index contributed by atoms with van der Waals surface area (Å²) in [6, 6.07) is 0. The van der Waals surface area contributed by atoms with Crippen molar-refractivity contribution in [2.75, 3.05) is 11.5 Å². The van der Waals surface area contributed by atoms with Crippen molar-refractivity contribution < 1.29 is 39.0 Å². The van der Waals surface area contributed by atoms with Crippen molar-refractivity contribution in [3.8, 4) is 0 Å². The van der Waals surface area contributed by atoms with Gasteiger partial charge in [-0.1, -0.05) is 0 Å². The van der Waals surface area contributed by atoms with Crippen molar-refractivity contribution >= 4 is 34.0 Å². The molecule has 4 aromatic rings. The summed E-state index contributed by atoms with van der Waals surface area (Å²) in [5.41, 5.74) is 13.9. The van der Waals surface area contributed by atoms with Crippen LogP contribution in [0.15, 0.2) is 25.3 Å². The average Bonchev–Trinajstić information content (AvgIpc) is 3.07. The topological polar surface area (TPSA) is 271 Å². The van der Waals surface area contributed by atoms with Crippen molar-refractivity contribution in [1.82, 2.24) is 39.0 Å². The van der Waals surface area contributed by atoms with E-state index in [0.29, 0.717) is 22.7 Å². The second kappa shape index (κ2) is 11.6. The van der Waals surface area contributed by atoms with E-state index in [4.69, 9.17) is 11.5 Å². The number of rotatable bonds is 0. The predicted octanol–water partition coefficient (Wildman–Crippen LogP) is -3.80. The van der Waals surface area contributed by atoms with Gasteiger partial charge in [0.05, 0.1) is 12.7 Å². The molecule has 27 heavy (non-hydrogen) atoms. The molecule has 153 valence electrons. The third-order valence-electron chi connectivity index (χ3n) is 3.05. The summed E-state index contributed by atoms with van der Waals surface area (Å²) in [5, 5.41) is 0. The van der Waals surface area contributed by atoms with Crippen LogP contribution in [-0.4, -0.2) is 39.0 Å². The Balaban J connectivity index is -0.000000360. The number of imidazole rings is 2. The first-order chi connectivity index (χ1) is 10.6. The Labute approximate surface area is 163 Å². The van der Waals surface area contributed by atoms with Crippen molar-refractivity contribution in [3.63, 3.8) is 0 Å². The Kier molecular flexibility index (Phi) is 12.4. The van der Waals surface area contributed by atoms with Crippen LogP contribution in [0.2, 0.25) is 0 Å². The maximum atomic E-state index is 5.54. The molecule has 0 atom stereocenters. The number of fused-ring (bicyclic) bond motifs is 2. The van der Waals surface area contributed by atoms with Gasteiger partial charge >= 0.3 is 17.1 Å². The zero-order valence-corrected chi connectivity index (χ0v) is 15.6. The van der Waals surface area contributed by atoms with Crippen LogP contribution in [0.4, 0.5) is 11.6 Å². The number of aromatic nitrogens is 8. The van der Waals surface area contributed by atoms with E-state index >= 15 is 0 Å². The molecule has 15 heteroatoms. The first kappa shape index (κ1) is 28.8. The van der Waals surface area contributed by atoms with Crippen LogP contribution in [0.3, 0.4) is 0 Å². The molecule has 16 N–H and O–H groups in total. The summed E-state index contributed by atoms with van der Waals surface area (Å²) < 4.78 is 3.60. The van der Waals surface area contributed by atoms with Crippen molar-refractivity contribution in [2.45, 2.75) is 0 Å². The molecule has 4 rings (SSSR count). The van der Waals surface area contributed by atoms with Crippen LogP contribution in [0, 0.1) is 0 Å². The van der Waals surface area contributed by atoms with E-state index in [-0.39, 0.29) is 39.0 Å². The summed E-state index contributed by atoms with van der Waals surface area (Å²) in [5.74, 6) is 0.853. The van der Waals surface area contributed by atoms with Gasteiger partial charge in [0.15, 0.2) is 22.9 Å². The maximum absolute atomic E-state index is 5.54. The minimum Gasteiger partial charge on any atom is -0.457 e. The van der Waals surface area contributed by atoms with Gasteiger partial charge in [-0.15, -0.1) is 0 Å². The summed E-state index contributed by atoms with van der Waals surface area (Å²) >= 11 is 0. The first-order valence-corrected chi connectivity index (χ1v) is 6.33. The van der Waals surface area contributed by atoms with E-state index in [1.165, 1.54) is 12.7 Å². The van der Waals surface area contributed by atoms with Crippen molar-refractivity contribution in [2.24, 2.45) is 14.1 Å². The number of hydrogen-bond acceptors (Lipinski definition) is 8. The second-order valence-electron chi connectivity index (χ2n) is 4.57. The molecule has 0 aliphatic rings. The van der Waals surface area contributed by atoms with Crippen LogP contribution < -0.4 is 11.5 Å². The fourth-order valence-electron chi connectivity index (χ4n) is 1.93. The zero-order valence-electron chi connectivity index (χ0n) is 14.7. The van der Waals surface area contributed by atoms with E-state index in [9.17, 15) is 0 Å². The van der Waals surface area contributed by atoms with Crippen LogP contribution >= 0.6 is 0 Å². The smallest absolute Gasteiger partial charge is 0.457 e. The van der Waals surface area contributed by atoms with Crippen LogP contribution in [-0.2, 0) is 53.1 Å². The third kappa shape index (κ3) is 5.52. The number of nitrogens with zero attached hydrogens (tertiary/aromatic N) is 8. The molecule has 4 aromatic heterocycles. The monoisotopic (exact) mass is 437 g/mol. The second-order valence-corrected chi connectivity index (χ2v) is 4.57. The van der Waals surface area contributed by atoms with Crippen LogP contribution in [0.1, 0.15) is 0 Å². The van der Waals surface area contributed by atoms with E-state index < -0.39 is 0 Å². The molecule has 1 radical (unpaired) electrons. The molecular weight excluding hydrogens is 412 g/mol.